The minimum absolute atomic E-state index is 0.00525. The van der Waals surface area contributed by atoms with E-state index in [0.29, 0.717) is 11.8 Å². The van der Waals surface area contributed by atoms with Crippen LogP contribution in [0.25, 0.3) is 0 Å². The summed E-state index contributed by atoms with van der Waals surface area (Å²) in [6.45, 7) is 9.36. The van der Waals surface area contributed by atoms with Gasteiger partial charge in [-0.3, -0.25) is 0 Å². The van der Waals surface area contributed by atoms with Gasteiger partial charge in [-0.2, -0.15) is 0 Å². The van der Waals surface area contributed by atoms with E-state index in [1.54, 1.807) is 0 Å². The lowest BCUT2D eigenvalue weighted by Crippen LogP contribution is -2.63. The molecule has 2 heteroatoms. The van der Waals surface area contributed by atoms with Crippen molar-refractivity contribution in [3.8, 4) is 5.75 Å². The zero-order valence-electron chi connectivity index (χ0n) is 14.9. The Morgan fingerprint density at radius 2 is 1.74 bits per heavy atom. The average Bonchev–Trinajstić information content (AvgIpc) is 2.50. The summed E-state index contributed by atoms with van der Waals surface area (Å²) in [7, 11) is 0. The Labute approximate surface area is 140 Å². The zero-order chi connectivity index (χ0) is 16.5. The van der Waals surface area contributed by atoms with Gasteiger partial charge in [-0.25, -0.2) is 0 Å². The molecule has 1 N–H and O–H groups in total. The van der Waals surface area contributed by atoms with Crippen molar-refractivity contribution < 1.29 is 9.84 Å². The van der Waals surface area contributed by atoms with Gasteiger partial charge in [0.05, 0.1) is 6.10 Å². The summed E-state index contributed by atoms with van der Waals surface area (Å²) in [5.41, 5.74) is 1.56. The van der Waals surface area contributed by atoms with Crippen LogP contribution in [0.4, 0.5) is 0 Å². The first-order chi connectivity index (χ1) is 10.8. The largest absolute Gasteiger partial charge is 0.487 e. The Balaban J connectivity index is 1.77. The molecule has 2 saturated carbocycles. The fourth-order valence-electron chi connectivity index (χ4n) is 6.31. The molecule has 1 aromatic carbocycles. The second-order valence-corrected chi connectivity index (χ2v) is 9.25. The van der Waals surface area contributed by atoms with Crippen LogP contribution >= 0.6 is 0 Å². The zero-order valence-corrected chi connectivity index (χ0v) is 14.9. The second kappa shape index (κ2) is 4.75. The van der Waals surface area contributed by atoms with Crippen LogP contribution in [0.5, 0.6) is 5.75 Å². The van der Waals surface area contributed by atoms with Gasteiger partial charge in [-0.05, 0) is 67.4 Å². The normalized spacial score (nSPS) is 44.5. The molecule has 0 aromatic heterocycles. The predicted octanol–water partition coefficient (Wildman–Crippen LogP) is 4.59. The number of aliphatic hydroxyl groups is 1. The minimum Gasteiger partial charge on any atom is -0.487 e. The Morgan fingerprint density at radius 3 is 2.52 bits per heavy atom. The van der Waals surface area contributed by atoms with Crippen molar-refractivity contribution in [2.24, 2.45) is 22.7 Å². The van der Waals surface area contributed by atoms with Crippen molar-refractivity contribution in [2.45, 2.75) is 71.5 Å². The highest BCUT2D eigenvalue weighted by molar-refractivity contribution is 5.38. The number of hydrogen-bond acceptors (Lipinski definition) is 2. The lowest BCUT2D eigenvalue weighted by atomic mass is 9.44. The van der Waals surface area contributed by atoms with Crippen molar-refractivity contribution in [3.63, 3.8) is 0 Å². The number of para-hydroxylation sites is 1. The molecule has 5 atom stereocenters. The van der Waals surface area contributed by atoms with Gasteiger partial charge in [0.2, 0.25) is 0 Å². The van der Waals surface area contributed by atoms with Crippen LogP contribution in [-0.2, 0) is 6.42 Å². The van der Waals surface area contributed by atoms with E-state index in [1.807, 2.05) is 0 Å². The third-order valence-electron chi connectivity index (χ3n) is 7.71. The van der Waals surface area contributed by atoms with E-state index in [2.05, 4.69) is 52.0 Å². The first kappa shape index (κ1) is 15.5. The third-order valence-corrected chi connectivity index (χ3v) is 7.71. The SMILES string of the molecule is CC1(C)[C@@H](O)CC[C@]2(C)[C@H]3Cc4ccccc4O[C@]3(C)CC[C@@H]12. The maximum absolute atomic E-state index is 10.6. The molecule has 0 unspecified atom stereocenters. The highest BCUT2D eigenvalue weighted by atomic mass is 16.5. The van der Waals surface area contributed by atoms with E-state index < -0.39 is 0 Å². The predicted molar refractivity (Wildman–Crippen MR) is 92.5 cm³/mol. The lowest BCUT2D eigenvalue weighted by Gasteiger charge is -2.64. The van der Waals surface area contributed by atoms with Gasteiger partial charge in [0.1, 0.15) is 11.4 Å². The van der Waals surface area contributed by atoms with Gasteiger partial charge in [-0.15, -0.1) is 0 Å². The number of benzene rings is 1. The molecule has 4 rings (SSSR count). The van der Waals surface area contributed by atoms with Crippen molar-refractivity contribution >= 4 is 0 Å². The van der Waals surface area contributed by atoms with Crippen LogP contribution in [-0.4, -0.2) is 16.8 Å². The van der Waals surface area contributed by atoms with Crippen molar-refractivity contribution in [2.75, 3.05) is 0 Å². The van der Waals surface area contributed by atoms with Gasteiger partial charge in [0.15, 0.2) is 0 Å². The van der Waals surface area contributed by atoms with E-state index in [0.717, 1.165) is 37.9 Å². The summed E-state index contributed by atoms with van der Waals surface area (Å²) in [6, 6.07) is 8.56. The number of ether oxygens (including phenoxy) is 1. The maximum atomic E-state index is 10.6. The lowest BCUT2D eigenvalue weighted by molar-refractivity contribution is -0.191. The number of aliphatic hydroxyl groups excluding tert-OH is 1. The summed E-state index contributed by atoms with van der Waals surface area (Å²) in [5, 5.41) is 10.6. The Kier molecular flexibility index (Phi) is 3.20. The fourth-order valence-corrected chi connectivity index (χ4v) is 6.31. The van der Waals surface area contributed by atoms with Crippen molar-refractivity contribution in [1.82, 2.24) is 0 Å². The summed E-state index contributed by atoms with van der Waals surface area (Å²) in [4.78, 5) is 0. The van der Waals surface area contributed by atoms with Gasteiger partial charge >= 0.3 is 0 Å². The molecule has 3 aliphatic rings. The van der Waals surface area contributed by atoms with E-state index >= 15 is 0 Å². The molecule has 1 heterocycles. The summed E-state index contributed by atoms with van der Waals surface area (Å²) >= 11 is 0. The molecule has 0 amide bonds. The number of fused-ring (bicyclic) bond motifs is 4. The third kappa shape index (κ3) is 2.03. The van der Waals surface area contributed by atoms with Crippen LogP contribution in [0.2, 0.25) is 0 Å². The quantitative estimate of drug-likeness (QED) is 0.758. The maximum Gasteiger partial charge on any atom is 0.123 e. The summed E-state index contributed by atoms with van der Waals surface area (Å²) < 4.78 is 6.57. The molecule has 2 aliphatic carbocycles. The van der Waals surface area contributed by atoms with Gasteiger partial charge < -0.3 is 9.84 Å². The molecule has 1 aliphatic heterocycles. The van der Waals surface area contributed by atoms with Crippen LogP contribution < -0.4 is 4.74 Å². The average molecular weight is 314 g/mol. The molecule has 126 valence electrons. The Bertz CT molecular complexity index is 622. The highest BCUT2D eigenvalue weighted by Gasteiger charge is 2.62. The van der Waals surface area contributed by atoms with Crippen LogP contribution in [0.1, 0.15) is 58.9 Å². The fraction of sp³-hybridized carbons (Fsp3) is 0.714. The molecule has 1 aromatic rings. The van der Waals surface area contributed by atoms with Crippen LogP contribution in [0.15, 0.2) is 24.3 Å². The monoisotopic (exact) mass is 314 g/mol. The van der Waals surface area contributed by atoms with E-state index in [1.165, 1.54) is 5.56 Å². The van der Waals surface area contributed by atoms with Gasteiger partial charge in [0, 0.05) is 5.92 Å². The Morgan fingerprint density at radius 1 is 1.00 bits per heavy atom. The number of hydrogen-bond donors (Lipinski definition) is 1. The minimum atomic E-state index is -0.165. The van der Waals surface area contributed by atoms with Crippen LogP contribution in [0, 0.1) is 22.7 Å². The van der Waals surface area contributed by atoms with Crippen LogP contribution in [0.3, 0.4) is 0 Å². The van der Waals surface area contributed by atoms with E-state index in [-0.39, 0.29) is 22.5 Å². The number of rotatable bonds is 0. The molecule has 0 spiro atoms. The second-order valence-electron chi connectivity index (χ2n) is 9.25. The topological polar surface area (TPSA) is 29.5 Å². The molecule has 2 fully saturated rings. The molecule has 23 heavy (non-hydrogen) atoms. The first-order valence-corrected chi connectivity index (χ1v) is 9.22. The van der Waals surface area contributed by atoms with Gasteiger partial charge in [0.25, 0.3) is 0 Å². The van der Waals surface area contributed by atoms with E-state index in [9.17, 15) is 5.11 Å². The Hall–Kier alpha value is -1.02. The molecule has 0 saturated heterocycles. The van der Waals surface area contributed by atoms with Gasteiger partial charge in [-0.1, -0.05) is 39.0 Å². The standard InChI is InChI=1S/C21H30O2/c1-19(2)16-9-12-21(4)17(20(16,3)11-10-18(19)22)13-14-7-5-6-8-15(14)23-21/h5-8,16-18,22H,9-13H2,1-4H3/t16-,17+,18-,20-,21+/m0/s1. The first-order valence-electron chi connectivity index (χ1n) is 9.22. The smallest absolute Gasteiger partial charge is 0.123 e. The molecule has 0 bridgehead atoms. The van der Waals surface area contributed by atoms with Crippen molar-refractivity contribution in [1.29, 1.82) is 0 Å². The van der Waals surface area contributed by atoms with Crippen molar-refractivity contribution in [3.05, 3.63) is 29.8 Å². The summed E-state index contributed by atoms with van der Waals surface area (Å²) in [6.07, 6.45) is 5.26. The molecule has 2 nitrogen and oxygen atoms in total. The molecular formula is C21H30O2. The van der Waals surface area contributed by atoms with E-state index in [4.69, 9.17) is 4.74 Å². The molecular weight excluding hydrogens is 284 g/mol. The highest BCUT2D eigenvalue weighted by Crippen LogP contribution is 2.64. The molecule has 0 radical (unpaired) electrons. The summed E-state index contributed by atoms with van der Waals surface area (Å²) in [5.74, 6) is 2.20.